The molecule has 0 radical (unpaired) electrons. The van der Waals surface area contributed by atoms with E-state index in [2.05, 4.69) is 30.7 Å². The highest BCUT2D eigenvalue weighted by molar-refractivity contribution is 9.10. The maximum atomic E-state index is 6.22. The maximum absolute atomic E-state index is 6.22. The minimum absolute atomic E-state index is 0.708. The number of aromatic nitrogens is 1. The molecule has 6 heteroatoms. The van der Waals surface area contributed by atoms with Crippen LogP contribution in [0.4, 0.5) is 5.82 Å². The summed E-state index contributed by atoms with van der Waals surface area (Å²) in [7, 11) is 0. The molecule has 1 aromatic heterocycles. The molecule has 0 spiro atoms. The summed E-state index contributed by atoms with van der Waals surface area (Å²) in [5.74, 6) is 0.887. The zero-order valence-electron chi connectivity index (χ0n) is 10.3. The number of nitrogens with two attached hydrogens (primary N) is 1. The minimum Gasteiger partial charge on any atom is -0.353 e. The third-order valence-electron chi connectivity index (χ3n) is 3.14. The normalized spacial score (nSPS) is 17.2. The molecule has 0 bridgehead atoms. The van der Waals surface area contributed by atoms with Crippen LogP contribution in [-0.2, 0) is 0 Å². The van der Waals surface area contributed by atoms with Crippen molar-refractivity contribution in [3.05, 3.63) is 21.8 Å². The Morgan fingerprint density at radius 3 is 2.67 bits per heavy atom. The first-order chi connectivity index (χ1) is 8.70. The zero-order valence-corrected chi connectivity index (χ0v) is 12.6. The van der Waals surface area contributed by atoms with Crippen molar-refractivity contribution in [2.24, 2.45) is 5.73 Å². The Balaban J connectivity index is 1.93. The lowest BCUT2D eigenvalue weighted by molar-refractivity contribution is 0.256. The number of hydrogen-bond acceptors (Lipinski definition) is 4. The first-order valence-electron chi connectivity index (χ1n) is 6.19. The lowest BCUT2D eigenvalue weighted by atomic mass is 10.3. The standard InChI is InChI=1S/C12H18BrClN4/c13-10-8-11(14)12(16-9-10)18-6-4-17(5-7-18)3-1-2-15/h8-9H,1-7,15H2. The minimum atomic E-state index is 0.708. The van der Waals surface area contributed by atoms with Crippen molar-refractivity contribution in [3.63, 3.8) is 0 Å². The van der Waals surface area contributed by atoms with E-state index in [1.807, 2.05) is 6.07 Å². The van der Waals surface area contributed by atoms with Crippen LogP contribution in [0.2, 0.25) is 5.02 Å². The van der Waals surface area contributed by atoms with Crippen molar-refractivity contribution < 1.29 is 0 Å². The van der Waals surface area contributed by atoms with Crippen molar-refractivity contribution in [3.8, 4) is 0 Å². The van der Waals surface area contributed by atoms with Gasteiger partial charge in [-0.2, -0.15) is 0 Å². The van der Waals surface area contributed by atoms with E-state index in [1.165, 1.54) is 0 Å². The highest BCUT2D eigenvalue weighted by Crippen LogP contribution is 2.26. The average Bonchev–Trinajstić information content (AvgIpc) is 2.37. The van der Waals surface area contributed by atoms with E-state index < -0.39 is 0 Å². The van der Waals surface area contributed by atoms with Crippen LogP contribution < -0.4 is 10.6 Å². The van der Waals surface area contributed by atoms with Gasteiger partial charge in [-0.3, -0.25) is 4.90 Å². The largest absolute Gasteiger partial charge is 0.353 e. The number of piperazine rings is 1. The SMILES string of the molecule is NCCCN1CCN(c2ncc(Br)cc2Cl)CC1. The van der Waals surface area contributed by atoms with E-state index >= 15 is 0 Å². The summed E-state index contributed by atoms with van der Waals surface area (Å²) in [5.41, 5.74) is 5.53. The molecule has 1 saturated heterocycles. The number of nitrogens with zero attached hydrogens (tertiary/aromatic N) is 3. The van der Waals surface area contributed by atoms with Gasteiger partial charge < -0.3 is 10.6 Å². The fraction of sp³-hybridized carbons (Fsp3) is 0.583. The van der Waals surface area contributed by atoms with E-state index in [0.717, 1.165) is 56.0 Å². The first-order valence-corrected chi connectivity index (χ1v) is 7.36. The molecule has 1 aliphatic heterocycles. The van der Waals surface area contributed by atoms with Crippen LogP contribution in [0.1, 0.15) is 6.42 Å². The van der Waals surface area contributed by atoms with Gasteiger partial charge in [0.15, 0.2) is 0 Å². The highest BCUT2D eigenvalue weighted by atomic mass is 79.9. The van der Waals surface area contributed by atoms with E-state index in [4.69, 9.17) is 17.3 Å². The molecule has 1 aromatic rings. The molecule has 18 heavy (non-hydrogen) atoms. The summed E-state index contributed by atoms with van der Waals surface area (Å²) in [5, 5.41) is 0.708. The van der Waals surface area contributed by atoms with Crippen molar-refractivity contribution in [1.29, 1.82) is 0 Å². The molecule has 100 valence electrons. The Morgan fingerprint density at radius 2 is 2.06 bits per heavy atom. The predicted molar refractivity (Wildman–Crippen MR) is 79.3 cm³/mol. The molecule has 0 aromatic carbocycles. The van der Waals surface area contributed by atoms with Gasteiger partial charge in [0.25, 0.3) is 0 Å². The smallest absolute Gasteiger partial charge is 0.147 e. The van der Waals surface area contributed by atoms with Crippen molar-refractivity contribution in [2.75, 3.05) is 44.2 Å². The number of halogens is 2. The summed E-state index contributed by atoms with van der Waals surface area (Å²) in [4.78, 5) is 9.08. The van der Waals surface area contributed by atoms with Gasteiger partial charge in [0.05, 0.1) is 5.02 Å². The molecule has 2 heterocycles. The Kier molecular flexibility index (Phi) is 5.24. The lowest BCUT2D eigenvalue weighted by Crippen LogP contribution is -2.47. The molecule has 2 rings (SSSR count). The Bertz CT molecular complexity index is 394. The second-order valence-electron chi connectivity index (χ2n) is 4.43. The van der Waals surface area contributed by atoms with Crippen LogP contribution in [0, 0.1) is 0 Å². The third kappa shape index (κ3) is 3.57. The van der Waals surface area contributed by atoms with Crippen LogP contribution in [0.15, 0.2) is 16.7 Å². The number of anilines is 1. The molecule has 0 amide bonds. The number of rotatable bonds is 4. The molecular formula is C12H18BrClN4. The Labute approximate surface area is 121 Å². The molecule has 0 saturated carbocycles. The molecule has 0 aliphatic carbocycles. The fourth-order valence-electron chi connectivity index (χ4n) is 2.14. The van der Waals surface area contributed by atoms with Crippen molar-refractivity contribution in [2.45, 2.75) is 6.42 Å². The summed E-state index contributed by atoms with van der Waals surface area (Å²) < 4.78 is 0.915. The summed E-state index contributed by atoms with van der Waals surface area (Å²) in [6.45, 7) is 5.89. The topological polar surface area (TPSA) is 45.4 Å². The summed E-state index contributed by atoms with van der Waals surface area (Å²) in [6, 6.07) is 1.89. The molecule has 0 unspecified atom stereocenters. The first kappa shape index (κ1) is 14.1. The van der Waals surface area contributed by atoms with E-state index in [-0.39, 0.29) is 0 Å². The third-order valence-corrected chi connectivity index (χ3v) is 3.85. The second kappa shape index (κ2) is 6.70. The van der Waals surface area contributed by atoms with Crippen LogP contribution in [0.3, 0.4) is 0 Å². The fourth-order valence-corrected chi connectivity index (χ4v) is 2.89. The molecule has 4 nitrogen and oxygen atoms in total. The predicted octanol–water partition coefficient (Wildman–Crippen LogP) is 1.97. The Morgan fingerprint density at radius 1 is 1.33 bits per heavy atom. The van der Waals surface area contributed by atoms with Gasteiger partial charge in [0.1, 0.15) is 5.82 Å². The summed E-state index contributed by atoms with van der Waals surface area (Å²) >= 11 is 9.59. The quantitative estimate of drug-likeness (QED) is 0.915. The maximum Gasteiger partial charge on any atom is 0.147 e. The number of hydrogen-bond donors (Lipinski definition) is 1. The van der Waals surface area contributed by atoms with E-state index in [1.54, 1.807) is 6.20 Å². The van der Waals surface area contributed by atoms with Crippen LogP contribution in [0.5, 0.6) is 0 Å². The van der Waals surface area contributed by atoms with E-state index in [9.17, 15) is 0 Å². The van der Waals surface area contributed by atoms with Crippen molar-refractivity contribution in [1.82, 2.24) is 9.88 Å². The lowest BCUT2D eigenvalue weighted by Gasteiger charge is -2.35. The van der Waals surface area contributed by atoms with E-state index in [0.29, 0.717) is 5.02 Å². The molecule has 0 atom stereocenters. The van der Waals surface area contributed by atoms with Crippen LogP contribution in [-0.4, -0.2) is 49.2 Å². The molecule has 2 N–H and O–H groups in total. The second-order valence-corrected chi connectivity index (χ2v) is 5.75. The van der Waals surface area contributed by atoms with Crippen molar-refractivity contribution >= 4 is 33.3 Å². The molecule has 1 fully saturated rings. The number of pyridine rings is 1. The highest BCUT2D eigenvalue weighted by Gasteiger charge is 2.19. The van der Waals surface area contributed by atoms with Crippen LogP contribution >= 0.6 is 27.5 Å². The van der Waals surface area contributed by atoms with Crippen LogP contribution in [0.25, 0.3) is 0 Å². The summed E-state index contributed by atoms with van der Waals surface area (Å²) in [6.07, 6.45) is 2.86. The van der Waals surface area contributed by atoms with Gasteiger partial charge in [-0.05, 0) is 41.5 Å². The average molecular weight is 334 g/mol. The zero-order chi connectivity index (χ0) is 13.0. The Hall–Kier alpha value is -0.360. The van der Waals surface area contributed by atoms with Gasteiger partial charge in [-0.15, -0.1) is 0 Å². The molecule has 1 aliphatic rings. The van der Waals surface area contributed by atoms with Gasteiger partial charge in [-0.1, -0.05) is 11.6 Å². The van der Waals surface area contributed by atoms with Gasteiger partial charge in [-0.25, -0.2) is 4.98 Å². The van der Waals surface area contributed by atoms with Gasteiger partial charge in [0, 0.05) is 36.8 Å². The van der Waals surface area contributed by atoms with Gasteiger partial charge in [0.2, 0.25) is 0 Å². The van der Waals surface area contributed by atoms with Gasteiger partial charge >= 0.3 is 0 Å². The molecular weight excluding hydrogens is 316 g/mol. The monoisotopic (exact) mass is 332 g/mol.